The lowest BCUT2D eigenvalue weighted by molar-refractivity contribution is -0.126. The monoisotopic (exact) mass is 286 g/mol. The van der Waals surface area contributed by atoms with Gasteiger partial charge in [0.15, 0.2) is 0 Å². The second-order valence-corrected chi connectivity index (χ2v) is 5.94. The van der Waals surface area contributed by atoms with Crippen LogP contribution in [0.3, 0.4) is 0 Å². The molecule has 1 saturated heterocycles. The first-order valence-electron chi connectivity index (χ1n) is 5.91. The molecule has 2 amide bonds. The molecule has 1 aromatic rings. The lowest BCUT2D eigenvalue weighted by Crippen LogP contribution is -2.51. The lowest BCUT2D eigenvalue weighted by Gasteiger charge is -2.34. The highest BCUT2D eigenvalue weighted by molar-refractivity contribution is 7.17. The number of rotatable bonds is 2. The van der Waals surface area contributed by atoms with E-state index in [0.29, 0.717) is 15.8 Å². The number of piperidine rings is 1. The van der Waals surface area contributed by atoms with Crippen molar-refractivity contribution in [1.29, 1.82) is 0 Å². The number of thiophene rings is 1. The summed E-state index contributed by atoms with van der Waals surface area (Å²) in [5.41, 5.74) is 0. The highest BCUT2D eigenvalue weighted by atomic mass is 35.5. The van der Waals surface area contributed by atoms with Gasteiger partial charge in [-0.05, 0) is 31.4 Å². The summed E-state index contributed by atoms with van der Waals surface area (Å²) in [5.74, 6) is -0.189. The van der Waals surface area contributed by atoms with Crippen molar-refractivity contribution < 1.29 is 9.59 Å². The molecule has 4 nitrogen and oxygen atoms in total. The average molecular weight is 287 g/mol. The molecule has 0 spiro atoms. The topological polar surface area (TPSA) is 49.4 Å². The Kier molecular flexibility index (Phi) is 4.24. The van der Waals surface area contributed by atoms with Crippen LogP contribution in [0.5, 0.6) is 0 Å². The van der Waals surface area contributed by atoms with Crippen molar-refractivity contribution in [2.75, 3.05) is 13.6 Å². The van der Waals surface area contributed by atoms with E-state index in [1.54, 1.807) is 24.1 Å². The van der Waals surface area contributed by atoms with Gasteiger partial charge < -0.3 is 10.2 Å². The van der Waals surface area contributed by atoms with E-state index < -0.39 is 0 Å². The molecule has 1 aliphatic rings. The number of carbonyl (C=O) groups is 2. The van der Waals surface area contributed by atoms with Gasteiger partial charge in [0.2, 0.25) is 5.91 Å². The molecule has 2 rings (SSSR count). The Balaban J connectivity index is 2.18. The molecule has 0 radical (unpaired) electrons. The first kappa shape index (κ1) is 13.4. The third-order valence-corrected chi connectivity index (χ3v) is 4.32. The molecule has 1 atom stereocenters. The molecule has 98 valence electrons. The summed E-state index contributed by atoms with van der Waals surface area (Å²) >= 11 is 7.09. The number of likely N-dealkylation sites (N-methyl/N-ethyl adjacent to an activating group) is 1. The molecule has 0 bridgehead atoms. The third-order valence-electron chi connectivity index (χ3n) is 3.10. The molecule has 18 heavy (non-hydrogen) atoms. The number of carbonyl (C=O) groups excluding carboxylic acids is 2. The van der Waals surface area contributed by atoms with Crippen LogP contribution in [0.1, 0.15) is 28.9 Å². The van der Waals surface area contributed by atoms with Crippen LogP contribution in [0, 0.1) is 0 Å². The molecule has 1 aliphatic heterocycles. The fraction of sp³-hybridized carbons (Fsp3) is 0.500. The maximum Gasteiger partial charge on any atom is 0.264 e. The summed E-state index contributed by atoms with van der Waals surface area (Å²) in [7, 11) is 1.60. The van der Waals surface area contributed by atoms with Crippen molar-refractivity contribution in [2.24, 2.45) is 0 Å². The summed E-state index contributed by atoms with van der Waals surface area (Å²) in [6.45, 7) is 0.631. The third kappa shape index (κ3) is 2.67. The second kappa shape index (κ2) is 5.71. The first-order chi connectivity index (χ1) is 8.63. The van der Waals surface area contributed by atoms with Gasteiger partial charge in [0.25, 0.3) is 5.91 Å². The number of likely N-dealkylation sites (tertiary alicyclic amines) is 1. The van der Waals surface area contributed by atoms with Gasteiger partial charge in [-0.2, -0.15) is 0 Å². The number of amides is 2. The zero-order valence-electron chi connectivity index (χ0n) is 10.1. The predicted molar refractivity (Wildman–Crippen MR) is 72.1 cm³/mol. The normalized spacial score (nSPS) is 19.7. The summed E-state index contributed by atoms with van der Waals surface area (Å²) < 4.78 is 0.590. The quantitative estimate of drug-likeness (QED) is 0.905. The van der Waals surface area contributed by atoms with Crippen LogP contribution in [-0.2, 0) is 4.79 Å². The Morgan fingerprint density at radius 1 is 1.44 bits per heavy atom. The van der Waals surface area contributed by atoms with Crippen LogP contribution in [0.25, 0.3) is 0 Å². The molecule has 1 N–H and O–H groups in total. The zero-order chi connectivity index (χ0) is 13.1. The highest BCUT2D eigenvalue weighted by Gasteiger charge is 2.32. The number of hydrogen-bond acceptors (Lipinski definition) is 3. The van der Waals surface area contributed by atoms with Crippen LogP contribution >= 0.6 is 22.9 Å². The predicted octanol–water partition coefficient (Wildman–Crippen LogP) is 2.14. The van der Waals surface area contributed by atoms with E-state index in [2.05, 4.69) is 5.32 Å². The minimum atomic E-state index is -0.350. The Hall–Kier alpha value is -1.07. The van der Waals surface area contributed by atoms with Crippen LogP contribution in [0.15, 0.2) is 12.1 Å². The molecule has 0 aromatic carbocycles. The molecule has 1 unspecified atom stereocenters. The molecule has 1 fully saturated rings. The van der Waals surface area contributed by atoms with Gasteiger partial charge in [-0.3, -0.25) is 9.59 Å². The SMILES string of the molecule is CNC(=O)C1CCCCN1C(=O)c1ccc(Cl)s1. The molecule has 0 saturated carbocycles. The van der Waals surface area contributed by atoms with Gasteiger partial charge in [0.1, 0.15) is 6.04 Å². The minimum Gasteiger partial charge on any atom is -0.357 e. The standard InChI is InChI=1S/C12H15ClN2O2S/c1-14-11(16)8-4-2-3-7-15(8)12(17)9-5-6-10(13)18-9/h5-6,8H,2-4,7H2,1H3,(H,14,16). The smallest absolute Gasteiger partial charge is 0.264 e. The fourth-order valence-corrected chi connectivity index (χ4v) is 3.18. The highest BCUT2D eigenvalue weighted by Crippen LogP contribution is 2.26. The Labute approximate surface area is 115 Å². The van der Waals surface area contributed by atoms with E-state index in [1.807, 2.05) is 0 Å². The van der Waals surface area contributed by atoms with Crippen LogP contribution in [0.2, 0.25) is 4.34 Å². The Bertz CT molecular complexity index is 461. The molecule has 1 aromatic heterocycles. The van der Waals surface area contributed by atoms with Gasteiger partial charge in [0.05, 0.1) is 9.21 Å². The van der Waals surface area contributed by atoms with Crippen molar-refractivity contribution >= 4 is 34.8 Å². The van der Waals surface area contributed by atoms with E-state index in [9.17, 15) is 9.59 Å². The van der Waals surface area contributed by atoms with Gasteiger partial charge in [-0.1, -0.05) is 11.6 Å². The Morgan fingerprint density at radius 2 is 2.22 bits per heavy atom. The first-order valence-corrected chi connectivity index (χ1v) is 7.11. The van der Waals surface area contributed by atoms with Gasteiger partial charge in [0, 0.05) is 13.6 Å². The largest absolute Gasteiger partial charge is 0.357 e. The second-order valence-electron chi connectivity index (χ2n) is 4.23. The number of halogens is 1. The van der Waals surface area contributed by atoms with Crippen molar-refractivity contribution in [3.05, 3.63) is 21.3 Å². The van der Waals surface area contributed by atoms with E-state index >= 15 is 0 Å². The fourth-order valence-electron chi connectivity index (χ4n) is 2.18. The van der Waals surface area contributed by atoms with Crippen LogP contribution < -0.4 is 5.32 Å². The zero-order valence-corrected chi connectivity index (χ0v) is 11.7. The van der Waals surface area contributed by atoms with Crippen LogP contribution in [0.4, 0.5) is 0 Å². The van der Waals surface area contributed by atoms with Gasteiger partial charge >= 0.3 is 0 Å². The van der Waals surface area contributed by atoms with Crippen molar-refractivity contribution in [3.63, 3.8) is 0 Å². The molecule has 0 aliphatic carbocycles. The Morgan fingerprint density at radius 3 is 2.83 bits per heavy atom. The molecule has 6 heteroatoms. The summed E-state index contributed by atoms with van der Waals surface area (Å²) in [6.07, 6.45) is 2.65. The van der Waals surface area contributed by atoms with E-state index in [-0.39, 0.29) is 17.9 Å². The maximum absolute atomic E-state index is 12.3. The van der Waals surface area contributed by atoms with Crippen molar-refractivity contribution in [3.8, 4) is 0 Å². The van der Waals surface area contributed by atoms with Gasteiger partial charge in [-0.25, -0.2) is 0 Å². The minimum absolute atomic E-state index is 0.0919. The summed E-state index contributed by atoms with van der Waals surface area (Å²) in [4.78, 5) is 26.4. The number of nitrogens with one attached hydrogen (secondary N) is 1. The van der Waals surface area contributed by atoms with E-state index in [0.717, 1.165) is 19.3 Å². The van der Waals surface area contributed by atoms with E-state index in [1.165, 1.54) is 11.3 Å². The lowest BCUT2D eigenvalue weighted by atomic mass is 10.0. The van der Waals surface area contributed by atoms with Crippen LogP contribution in [-0.4, -0.2) is 36.3 Å². The maximum atomic E-state index is 12.3. The summed E-state index contributed by atoms with van der Waals surface area (Å²) in [5, 5.41) is 2.62. The van der Waals surface area contributed by atoms with E-state index in [4.69, 9.17) is 11.6 Å². The molecule has 2 heterocycles. The summed E-state index contributed by atoms with van der Waals surface area (Å²) in [6, 6.07) is 3.07. The number of nitrogens with zero attached hydrogens (tertiary/aromatic N) is 1. The van der Waals surface area contributed by atoms with Crippen molar-refractivity contribution in [2.45, 2.75) is 25.3 Å². The van der Waals surface area contributed by atoms with Gasteiger partial charge in [-0.15, -0.1) is 11.3 Å². The molecular weight excluding hydrogens is 272 g/mol. The number of hydrogen-bond donors (Lipinski definition) is 1. The average Bonchev–Trinajstić information content (AvgIpc) is 2.83. The van der Waals surface area contributed by atoms with Crippen molar-refractivity contribution in [1.82, 2.24) is 10.2 Å². The molecular formula is C12H15ClN2O2S.